The molecule has 0 bridgehead atoms. The summed E-state index contributed by atoms with van der Waals surface area (Å²) >= 11 is 11.1. The van der Waals surface area contributed by atoms with Crippen LogP contribution in [0.15, 0.2) is 24.3 Å². The molecule has 21 heavy (non-hydrogen) atoms. The smallest absolute Gasteiger partial charge is 0.235 e. The molecule has 2 N–H and O–H groups in total. The van der Waals surface area contributed by atoms with Crippen LogP contribution in [0.5, 0.6) is 0 Å². The van der Waals surface area contributed by atoms with Gasteiger partial charge in [0.15, 0.2) is 0 Å². The zero-order valence-corrected chi connectivity index (χ0v) is 14.6. The number of amides is 1. The first-order valence-corrected chi connectivity index (χ1v) is 7.91. The summed E-state index contributed by atoms with van der Waals surface area (Å²) < 4.78 is 0. The Labute approximate surface area is 137 Å². The Morgan fingerprint density at radius 3 is 2.19 bits per heavy atom. The highest BCUT2D eigenvalue weighted by Gasteiger charge is 2.41. The molecule has 0 aliphatic rings. The van der Waals surface area contributed by atoms with Crippen LogP contribution in [0.3, 0.4) is 0 Å². The van der Waals surface area contributed by atoms with Crippen molar-refractivity contribution in [1.29, 1.82) is 0 Å². The SMILES string of the molecule is CCC(CC)(C(=O)N(C)C(C)c1ccc(Cl)cc1)C(N)=S. The first-order chi connectivity index (χ1) is 9.80. The third-order valence-corrected chi connectivity index (χ3v) is 4.98. The molecule has 0 aliphatic heterocycles. The summed E-state index contributed by atoms with van der Waals surface area (Å²) in [6.45, 7) is 5.87. The van der Waals surface area contributed by atoms with Gasteiger partial charge >= 0.3 is 0 Å². The third-order valence-electron chi connectivity index (χ3n) is 4.34. The molecule has 1 atom stereocenters. The molecule has 1 amide bonds. The van der Waals surface area contributed by atoms with E-state index in [1.807, 2.05) is 45.0 Å². The maximum atomic E-state index is 12.9. The number of nitrogens with two attached hydrogens (primary N) is 1. The highest BCUT2D eigenvalue weighted by molar-refractivity contribution is 7.80. The first-order valence-electron chi connectivity index (χ1n) is 7.12. The average molecular weight is 327 g/mol. The lowest BCUT2D eigenvalue weighted by Gasteiger charge is -2.36. The molecule has 1 rings (SSSR count). The lowest BCUT2D eigenvalue weighted by Crippen LogP contribution is -2.49. The minimum atomic E-state index is -0.759. The van der Waals surface area contributed by atoms with E-state index in [2.05, 4.69) is 0 Å². The number of nitrogens with zero attached hydrogens (tertiary/aromatic N) is 1. The van der Waals surface area contributed by atoms with Crippen molar-refractivity contribution in [2.24, 2.45) is 11.1 Å². The van der Waals surface area contributed by atoms with Gasteiger partial charge in [-0.15, -0.1) is 0 Å². The van der Waals surface area contributed by atoms with E-state index in [4.69, 9.17) is 29.6 Å². The van der Waals surface area contributed by atoms with Crippen molar-refractivity contribution in [2.75, 3.05) is 7.05 Å². The second-order valence-corrected chi connectivity index (χ2v) is 6.17. The van der Waals surface area contributed by atoms with Crippen LogP contribution in [0.1, 0.15) is 45.2 Å². The van der Waals surface area contributed by atoms with Crippen LogP contribution >= 0.6 is 23.8 Å². The van der Waals surface area contributed by atoms with Gasteiger partial charge in [-0.2, -0.15) is 0 Å². The standard InChI is InChI=1S/C16H23ClN2OS/c1-5-16(6-2,14(18)21)15(20)19(4)11(3)12-7-9-13(17)10-8-12/h7-11H,5-6H2,1-4H3,(H2,18,21). The van der Waals surface area contributed by atoms with Gasteiger partial charge in [-0.1, -0.05) is 49.8 Å². The fraction of sp³-hybridized carbons (Fsp3) is 0.500. The Balaban J connectivity index is 3.05. The topological polar surface area (TPSA) is 46.3 Å². The number of thiocarbonyl (C=S) groups is 1. The highest BCUT2D eigenvalue weighted by atomic mass is 35.5. The molecule has 0 heterocycles. The van der Waals surface area contributed by atoms with E-state index in [0.717, 1.165) is 5.56 Å². The van der Waals surface area contributed by atoms with Gasteiger partial charge in [-0.3, -0.25) is 4.79 Å². The van der Waals surface area contributed by atoms with Crippen molar-refractivity contribution >= 4 is 34.7 Å². The lowest BCUT2D eigenvalue weighted by molar-refractivity contribution is -0.139. The second-order valence-electron chi connectivity index (χ2n) is 5.30. The largest absolute Gasteiger partial charge is 0.392 e. The van der Waals surface area contributed by atoms with E-state index in [0.29, 0.717) is 17.9 Å². The van der Waals surface area contributed by atoms with E-state index in [1.165, 1.54) is 0 Å². The minimum Gasteiger partial charge on any atom is -0.392 e. The summed E-state index contributed by atoms with van der Waals surface area (Å²) in [5.41, 5.74) is 6.12. The van der Waals surface area contributed by atoms with Gasteiger partial charge in [0, 0.05) is 12.1 Å². The maximum absolute atomic E-state index is 12.9. The number of halogens is 1. The Hall–Kier alpha value is -1.13. The third kappa shape index (κ3) is 3.55. The van der Waals surface area contributed by atoms with Gasteiger partial charge in [0.05, 0.1) is 16.4 Å². The Morgan fingerprint density at radius 2 is 1.81 bits per heavy atom. The molecule has 0 aromatic heterocycles. The van der Waals surface area contributed by atoms with Crippen molar-refractivity contribution < 1.29 is 4.79 Å². The summed E-state index contributed by atoms with van der Waals surface area (Å²) in [7, 11) is 1.79. The summed E-state index contributed by atoms with van der Waals surface area (Å²) in [5, 5.41) is 0.680. The molecular weight excluding hydrogens is 304 g/mol. The predicted molar refractivity (Wildman–Crippen MR) is 92.4 cm³/mol. The molecule has 116 valence electrons. The maximum Gasteiger partial charge on any atom is 0.235 e. The highest BCUT2D eigenvalue weighted by Crippen LogP contribution is 2.32. The molecule has 1 aromatic rings. The molecule has 3 nitrogen and oxygen atoms in total. The minimum absolute atomic E-state index is 0.0255. The fourth-order valence-corrected chi connectivity index (χ4v) is 2.99. The number of hydrogen-bond acceptors (Lipinski definition) is 2. The van der Waals surface area contributed by atoms with E-state index < -0.39 is 5.41 Å². The fourth-order valence-electron chi connectivity index (χ4n) is 2.48. The molecule has 1 unspecified atom stereocenters. The summed E-state index contributed by atoms with van der Waals surface area (Å²) in [6.07, 6.45) is 1.21. The van der Waals surface area contributed by atoms with Crippen LogP contribution in [-0.2, 0) is 4.79 Å². The van der Waals surface area contributed by atoms with Gasteiger partial charge in [-0.25, -0.2) is 0 Å². The number of hydrogen-bond donors (Lipinski definition) is 1. The first kappa shape index (κ1) is 17.9. The van der Waals surface area contributed by atoms with Crippen molar-refractivity contribution in [3.05, 3.63) is 34.9 Å². The van der Waals surface area contributed by atoms with Crippen molar-refractivity contribution in [3.63, 3.8) is 0 Å². The zero-order chi connectivity index (χ0) is 16.2. The van der Waals surface area contributed by atoms with Gasteiger partial charge < -0.3 is 10.6 Å². The molecule has 0 saturated carbocycles. The monoisotopic (exact) mass is 326 g/mol. The van der Waals surface area contributed by atoms with Crippen LogP contribution in [0.2, 0.25) is 5.02 Å². The Bertz CT molecular complexity index is 512. The normalized spacial score (nSPS) is 12.8. The number of carbonyl (C=O) groups is 1. The van der Waals surface area contributed by atoms with Crippen LogP contribution in [0.4, 0.5) is 0 Å². The van der Waals surface area contributed by atoms with E-state index in [1.54, 1.807) is 11.9 Å². The van der Waals surface area contributed by atoms with Crippen molar-refractivity contribution in [2.45, 2.75) is 39.7 Å². The molecule has 0 fully saturated rings. The Kier molecular flexibility index (Phi) is 6.17. The number of benzene rings is 1. The molecule has 0 spiro atoms. The van der Waals surface area contributed by atoms with Gasteiger partial charge in [-0.05, 0) is 37.5 Å². The zero-order valence-electron chi connectivity index (χ0n) is 13.0. The van der Waals surface area contributed by atoms with E-state index in [-0.39, 0.29) is 16.9 Å². The molecular formula is C16H23ClN2OS. The van der Waals surface area contributed by atoms with Crippen LogP contribution in [0, 0.1) is 5.41 Å². The van der Waals surface area contributed by atoms with Crippen molar-refractivity contribution in [1.82, 2.24) is 4.90 Å². The summed E-state index contributed by atoms with van der Waals surface area (Å²) in [6, 6.07) is 7.44. The van der Waals surface area contributed by atoms with Crippen LogP contribution in [-0.4, -0.2) is 22.8 Å². The van der Waals surface area contributed by atoms with E-state index >= 15 is 0 Å². The predicted octanol–water partition coefficient (Wildman–Crippen LogP) is 3.95. The number of carbonyl (C=O) groups excluding carboxylic acids is 1. The average Bonchev–Trinajstić information content (AvgIpc) is 2.47. The Morgan fingerprint density at radius 1 is 1.33 bits per heavy atom. The molecule has 5 heteroatoms. The second kappa shape index (κ2) is 7.23. The summed E-state index contributed by atoms with van der Waals surface area (Å²) in [4.78, 5) is 14.9. The quantitative estimate of drug-likeness (QED) is 0.805. The molecule has 0 saturated heterocycles. The molecule has 0 radical (unpaired) electrons. The van der Waals surface area contributed by atoms with E-state index in [9.17, 15) is 4.79 Å². The van der Waals surface area contributed by atoms with Crippen LogP contribution < -0.4 is 5.73 Å². The molecule has 1 aromatic carbocycles. The van der Waals surface area contributed by atoms with Crippen molar-refractivity contribution in [3.8, 4) is 0 Å². The summed E-state index contributed by atoms with van der Waals surface area (Å²) in [5.74, 6) is -0.0255. The van der Waals surface area contributed by atoms with Crippen LogP contribution in [0.25, 0.3) is 0 Å². The lowest BCUT2D eigenvalue weighted by atomic mass is 9.80. The number of rotatable bonds is 6. The van der Waals surface area contributed by atoms with Gasteiger partial charge in [0.1, 0.15) is 0 Å². The van der Waals surface area contributed by atoms with Gasteiger partial charge in [0.2, 0.25) is 5.91 Å². The van der Waals surface area contributed by atoms with Gasteiger partial charge in [0.25, 0.3) is 0 Å². The molecule has 0 aliphatic carbocycles.